The van der Waals surface area contributed by atoms with Crippen LogP contribution < -0.4 is 16.0 Å². The molecule has 2 aliphatic heterocycles. The van der Waals surface area contributed by atoms with Crippen molar-refractivity contribution >= 4 is 28.9 Å². The second-order valence-electron chi connectivity index (χ2n) is 9.07. The van der Waals surface area contributed by atoms with Gasteiger partial charge in [-0.3, -0.25) is 9.69 Å². The first-order chi connectivity index (χ1) is 16.5. The van der Waals surface area contributed by atoms with Gasteiger partial charge in [-0.1, -0.05) is 0 Å². The molecule has 2 saturated heterocycles. The average Bonchev–Trinajstić information content (AvgIpc) is 3.63. The summed E-state index contributed by atoms with van der Waals surface area (Å²) in [5.41, 5.74) is 7.89. The molecule has 11 nitrogen and oxygen atoms in total. The minimum absolute atomic E-state index is 0.0692. The minimum atomic E-state index is -0.637. The lowest BCUT2D eigenvalue weighted by Crippen LogP contribution is -2.49. The Labute approximate surface area is 195 Å². The molecule has 2 bridgehead atoms. The summed E-state index contributed by atoms with van der Waals surface area (Å²) < 4.78 is 6.86. The summed E-state index contributed by atoms with van der Waals surface area (Å²) in [6.07, 6.45) is 7.56. The van der Waals surface area contributed by atoms with Gasteiger partial charge in [0.05, 0.1) is 23.8 Å². The Kier molecular flexibility index (Phi) is 4.73. The second-order valence-corrected chi connectivity index (χ2v) is 9.07. The zero-order valence-electron chi connectivity index (χ0n) is 18.9. The van der Waals surface area contributed by atoms with E-state index in [1.807, 2.05) is 12.3 Å². The van der Waals surface area contributed by atoms with Crippen LogP contribution in [0.3, 0.4) is 0 Å². The van der Waals surface area contributed by atoms with E-state index in [4.69, 9.17) is 15.1 Å². The van der Waals surface area contributed by atoms with Crippen LogP contribution >= 0.6 is 0 Å². The van der Waals surface area contributed by atoms with Crippen LogP contribution in [0, 0.1) is 0 Å². The van der Waals surface area contributed by atoms with Crippen LogP contribution in [-0.2, 0) is 0 Å². The van der Waals surface area contributed by atoms with Crippen molar-refractivity contribution in [2.75, 3.05) is 23.3 Å². The van der Waals surface area contributed by atoms with E-state index in [0.29, 0.717) is 40.8 Å². The van der Waals surface area contributed by atoms with E-state index in [1.165, 1.54) is 19.0 Å². The zero-order chi connectivity index (χ0) is 23.4. The van der Waals surface area contributed by atoms with Crippen LogP contribution in [0.15, 0.2) is 47.6 Å². The number of piperazine rings is 1. The van der Waals surface area contributed by atoms with Crippen LogP contribution in [0.4, 0.5) is 17.3 Å². The third kappa shape index (κ3) is 3.36. The lowest BCUT2D eigenvalue weighted by atomic mass is 10.2. The highest BCUT2D eigenvalue weighted by molar-refractivity contribution is 5.91. The van der Waals surface area contributed by atoms with Gasteiger partial charge in [-0.2, -0.15) is 5.10 Å². The molecule has 1 amide bonds. The van der Waals surface area contributed by atoms with Gasteiger partial charge in [0.1, 0.15) is 18.4 Å². The van der Waals surface area contributed by atoms with Gasteiger partial charge in [0.2, 0.25) is 0 Å². The zero-order valence-corrected chi connectivity index (χ0v) is 18.9. The number of amides is 1. The summed E-state index contributed by atoms with van der Waals surface area (Å²) in [4.78, 5) is 30.0. The van der Waals surface area contributed by atoms with Gasteiger partial charge in [0.25, 0.3) is 5.91 Å². The number of hydrogen-bond acceptors (Lipinski definition) is 9. The number of carbonyl (C=O) groups excluding carboxylic acids is 1. The molecule has 4 aromatic rings. The molecule has 3 N–H and O–H groups in total. The fraction of sp³-hybridized carbons (Fsp3) is 0.348. The molecule has 11 heteroatoms. The topological polar surface area (TPSA) is 131 Å². The quantitative estimate of drug-likeness (QED) is 0.446. The highest BCUT2D eigenvalue weighted by Crippen LogP contribution is 2.35. The first kappa shape index (κ1) is 20.6. The van der Waals surface area contributed by atoms with E-state index in [0.717, 1.165) is 24.6 Å². The van der Waals surface area contributed by atoms with Gasteiger partial charge in [-0.05, 0) is 38.5 Å². The number of nitrogens with zero attached hydrogens (tertiary/aromatic N) is 7. The smallest absolute Gasteiger partial charge is 0.284 e. The van der Waals surface area contributed by atoms with Crippen LogP contribution in [0.5, 0.6) is 0 Å². The SMILES string of the molecule is CC(C)N1C[C@H]2C[C@@H]1CN2c1ccc(Nc2ncc(-c3coc(C(N)=O)c3)n3ncnc23)cn1. The van der Waals surface area contributed by atoms with E-state index in [2.05, 4.69) is 50.1 Å². The number of nitrogens with two attached hydrogens (primary N) is 1. The molecule has 4 aromatic heterocycles. The number of hydrogen-bond donors (Lipinski definition) is 2. The largest absolute Gasteiger partial charge is 0.458 e. The number of fused-ring (bicyclic) bond motifs is 3. The van der Waals surface area contributed by atoms with Crippen molar-refractivity contribution in [3.63, 3.8) is 0 Å². The number of anilines is 3. The predicted molar refractivity (Wildman–Crippen MR) is 126 cm³/mol. The first-order valence-corrected chi connectivity index (χ1v) is 11.3. The monoisotopic (exact) mass is 459 g/mol. The van der Waals surface area contributed by atoms with Gasteiger partial charge in [0, 0.05) is 36.8 Å². The number of carbonyl (C=O) groups is 1. The number of rotatable bonds is 6. The molecule has 174 valence electrons. The summed E-state index contributed by atoms with van der Waals surface area (Å²) in [7, 11) is 0. The summed E-state index contributed by atoms with van der Waals surface area (Å²) in [5, 5.41) is 7.59. The van der Waals surface area contributed by atoms with Crippen LogP contribution in [0.2, 0.25) is 0 Å². The van der Waals surface area contributed by atoms with E-state index in [9.17, 15) is 4.79 Å². The Morgan fingerprint density at radius 2 is 2.06 bits per heavy atom. The Balaban J connectivity index is 1.21. The maximum atomic E-state index is 11.4. The number of nitrogens with one attached hydrogen (secondary N) is 1. The van der Waals surface area contributed by atoms with Crippen molar-refractivity contribution < 1.29 is 9.21 Å². The Bertz CT molecular complexity index is 1360. The number of likely N-dealkylation sites (tertiary alicyclic amines) is 1. The van der Waals surface area contributed by atoms with Crippen LogP contribution in [0.25, 0.3) is 16.9 Å². The average molecular weight is 460 g/mol. The summed E-state index contributed by atoms with van der Waals surface area (Å²) in [5.74, 6) is 0.979. The maximum Gasteiger partial charge on any atom is 0.284 e. The van der Waals surface area contributed by atoms with E-state index in [1.54, 1.807) is 16.8 Å². The molecule has 0 aliphatic carbocycles. The third-order valence-electron chi connectivity index (χ3n) is 6.69. The normalized spacial score (nSPS) is 20.0. The van der Waals surface area contributed by atoms with E-state index >= 15 is 0 Å². The maximum absolute atomic E-state index is 11.4. The van der Waals surface area contributed by atoms with Gasteiger partial charge in [0.15, 0.2) is 17.2 Å². The first-order valence-electron chi connectivity index (χ1n) is 11.3. The van der Waals surface area contributed by atoms with Crippen molar-refractivity contribution in [2.45, 2.75) is 38.4 Å². The van der Waals surface area contributed by atoms with Crippen molar-refractivity contribution in [1.29, 1.82) is 0 Å². The number of furan rings is 1. The molecule has 2 aliphatic rings. The van der Waals surface area contributed by atoms with Gasteiger partial charge >= 0.3 is 0 Å². The molecule has 2 fully saturated rings. The lowest BCUT2D eigenvalue weighted by Gasteiger charge is -2.37. The van der Waals surface area contributed by atoms with Gasteiger partial charge in [-0.15, -0.1) is 0 Å². The highest BCUT2D eigenvalue weighted by atomic mass is 16.3. The fourth-order valence-corrected chi connectivity index (χ4v) is 5.08. The number of aromatic nitrogens is 5. The van der Waals surface area contributed by atoms with E-state index < -0.39 is 5.91 Å². The lowest BCUT2D eigenvalue weighted by molar-refractivity contribution is 0.0974. The number of pyridine rings is 1. The fourth-order valence-electron chi connectivity index (χ4n) is 5.08. The summed E-state index contributed by atoms with van der Waals surface area (Å²) in [6.45, 7) is 6.66. The molecule has 2 atom stereocenters. The molecule has 0 unspecified atom stereocenters. The molecular formula is C23H25N9O2. The van der Waals surface area contributed by atoms with Gasteiger partial charge < -0.3 is 20.4 Å². The summed E-state index contributed by atoms with van der Waals surface area (Å²) in [6, 6.07) is 7.34. The van der Waals surface area contributed by atoms with Crippen LogP contribution in [-0.4, -0.2) is 66.6 Å². The highest BCUT2D eigenvalue weighted by Gasteiger charge is 2.44. The third-order valence-corrected chi connectivity index (χ3v) is 6.69. The molecule has 0 aromatic carbocycles. The molecule has 0 saturated carbocycles. The van der Waals surface area contributed by atoms with Crippen LogP contribution in [0.1, 0.15) is 30.8 Å². The minimum Gasteiger partial charge on any atom is -0.458 e. The Hall–Kier alpha value is -3.99. The summed E-state index contributed by atoms with van der Waals surface area (Å²) >= 11 is 0. The number of primary amides is 1. The van der Waals surface area contributed by atoms with Crippen molar-refractivity contribution in [3.05, 3.63) is 48.9 Å². The second kappa shape index (κ2) is 7.80. The Morgan fingerprint density at radius 3 is 2.74 bits per heavy atom. The van der Waals surface area contributed by atoms with E-state index in [-0.39, 0.29) is 5.76 Å². The predicted octanol–water partition coefficient (Wildman–Crippen LogP) is 2.29. The molecule has 6 rings (SSSR count). The molecule has 34 heavy (non-hydrogen) atoms. The standard InChI is InChI=1S/C23H25N9O2/c1-13(2)30-9-17-6-16(30)10-31(17)20-4-3-15(7-25-20)29-22-23-27-12-28-32(23)18(8-26-22)14-5-19(21(24)33)34-11-14/h3-5,7-8,11-13,16-17H,6,9-10H2,1-2H3,(H2,24,33)(H,26,29)/t16-,17-/m1/s1. The molecule has 0 spiro atoms. The van der Waals surface area contributed by atoms with Crippen molar-refractivity contribution in [1.82, 2.24) is 29.5 Å². The van der Waals surface area contributed by atoms with Crippen molar-refractivity contribution in [2.24, 2.45) is 5.73 Å². The molecule has 6 heterocycles. The Morgan fingerprint density at radius 1 is 1.18 bits per heavy atom. The van der Waals surface area contributed by atoms with Gasteiger partial charge in [-0.25, -0.2) is 19.5 Å². The molecule has 0 radical (unpaired) electrons. The van der Waals surface area contributed by atoms with Crippen molar-refractivity contribution in [3.8, 4) is 11.3 Å². The molecular weight excluding hydrogens is 434 g/mol.